The number of pyridine rings is 1. The third kappa shape index (κ3) is 5.96. The molecule has 0 N–H and O–H groups in total. The van der Waals surface area contributed by atoms with Crippen LogP contribution >= 0.6 is 0 Å². The van der Waals surface area contributed by atoms with Gasteiger partial charge in [-0.2, -0.15) is 5.26 Å². The summed E-state index contributed by atoms with van der Waals surface area (Å²) in [5.74, 6) is 1.55. The molecule has 1 aromatic carbocycles. The van der Waals surface area contributed by atoms with E-state index >= 15 is 0 Å². The fraction of sp³-hybridized carbons (Fsp3) is 0.458. The third-order valence-electron chi connectivity index (χ3n) is 5.15. The average Bonchev–Trinajstić information content (AvgIpc) is 3.17. The summed E-state index contributed by atoms with van der Waals surface area (Å²) in [7, 11) is 0. The van der Waals surface area contributed by atoms with Gasteiger partial charge < -0.3 is 14.4 Å². The summed E-state index contributed by atoms with van der Waals surface area (Å²) in [5, 5.41) is 8.63. The Kier molecular flexibility index (Phi) is 7.29. The molecule has 1 unspecified atom stereocenters. The van der Waals surface area contributed by atoms with Crippen LogP contribution in [0.25, 0.3) is 0 Å². The fourth-order valence-electron chi connectivity index (χ4n) is 3.65. The van der Waals surface area contributed by atoms with Gasteiger partial charge >= 0.3 is 0 Å². The molecule has 1 aliphatic heterocycles. The number of hydrogen-bond donors (Lipinski definition) is 0. The summed E-state index contributed by atoms with van der Waals surface area (Å²) in [6, 6.07) is 13.8. The average molecular weight is 408 g/mol. The zero-order valence-electron chi connectivity index (χ0n) is 17.9. The van der Waals surface area contributed by atoms with E-state index < -0.39 is 0 Å². The highest BCUT2D eigenvalue weighted by Gasteiger charge is 2.25. The smallest absolute Gasteiger partial charge is 0.215 e. The highest BCUT2D eigenvalue weighted by molar-refractivity contribution is 5.81. The Labute approximate surface area is 178 Å². The first-order valence-electron chi connectivity index (χ1n) is 10.5. The molecule has 2 heterocycles. The Morgan fingerprint density at radius 1 is 1.27 bits per heavy atom. The molecule has 0 amide bonds. The van der Waals surface area contributed by atoms with Crippen LogP contribution in [0.4, 0.5) is 5.69 Å². The lowest BCUT2D eigenvalue weighted by molar-refractivity contribution is -0.118. The minimum absolute atomic E-state index is 0.0190. The van der Waals surface area contributed by atoms with E-state index in [1.54, 1.807) is 6.20 Å². The van der Waals surface area contributed by atoms with Crippen molar-refractivity contribution < 1.29 is 14.3 Å². The molecule has 2 aromatic rings. The normalized spacial score (nSPS) is 16.9. The number of nitriles is 1. The Balaban J connectivity index is 1.54. The maximum atomic E-state index is 11.7. The quantitative estimate of drug-likeness (QED) is 0.609. The van der Waals surface area contributed by atoms with Crippen molar-refractivity contribution in [2.45, 2.75) is 58.2 Å². The first kappa shape index (κ1) is 21.6. The first-order valence-corrected chi connectivity index (χ1v) is 10.5. The molecule has 1 aromatic heterocycles. The topological polar surface area (TPSA) is 75.5 Å². The summed E-state index contributed by atoms with van der Waals surface area (Å²) in [4.78, 5) is 18.2. The molecule has 6 heteroatoms. The van der Waals surface area contributed by atoms with E-state index in [2.05, 4.69) is 9.88 Å². The minimum atomic E-state index is -0.0215. The number of benzene rings is 1. The van der Waals surface area contributed by atoms with Crippen molar-refractivity contribution in [3.8, 4) is 17.7 Å². The summed E-state index contributed by atoms with van der Waals surface area (Å²) < 4.78 is 11.9. The molecule has 0 aliphatic carbocycles. The Morgan fingerprint density at radius 2 is 2.03 bits per heavy atom. The lowest BCUT2D eigenvalue weighted by Crippen LogP contribution is -2.24. The first-order chi connectivity index (χ1) is 14.4. The molecular weight excluding hydrogens is 378 g/mol. The van der Waals surface area contributed by atoms with E-state index in [1.165, 1.54) is 0 Å². The summed E-state index contributed by atoms with van der Waals surface area (Å²) >= 11 is 0. The molecule has 0 saturated carbocycles. The minimum Gasteiger partial charge on any atom is -0.489 e. The number of nitrogens with zero attached hydrogens (tertiary/aromatic N) is 3. The van der Waals surface area contributed by atoms with Crippen LogP contribution < -0.4 is 14.4 Å². The fourth-order valence-corrected chi connectivity index (χ4v) is 3.65. The second-order valence-corrected chi connectivity index (χ2v) is 8.04. The molecule has 158 valence electrons. The van der Waals surface area contributed by atoms with Gasteiger partial charge in [0.2, 0.25) is 5.88 Å². The molecule has 0 radical (unpaired) electrons. The van der Waals surface area contributed by atoms with Crippen LogP contribution in [-0.2, 0) is 4.79 Å². The number of Topliss-reactive ketones (excluding diaryl/α,β-unsaturated/α-hetero) is 1. The molecule has 2 atom stereocenters. The monoisotopic (exact) mass is 407 g/mol. The van der Waals surface area contributed by atoms with Crippen LogP contribution in [0.1, 0.15) is 51.5 Å². The molecule has 30 heavy (non-hydrogen) atoms. The highest BCUT2D eigenvalue weighted by Crippen LogP contribution is 2.27. The van der Waals surface area contributed by atoms with Crippen molar-refractivity contribution in [1.29, 1.82) is 5.26 Å². The lowest BCUT2D eigenvalue weighted by Gasteiger charge is -2.20. The van der Waals surface area contributed by atoms with E-state index in [9.17, 15) is 4.79 Å². The van der Waals surface area contributed by atoms with Crippen molar-refractivity contribution in [3.63, 3.8) is 0 Å². The Morgan fingerprint density at radius 3 is 2.73 bits per heavy atom. The van der Waals surface area contributed by atoms with Crippen molar-refractivity contribution >= 4 is 11.5 Å². The summed E-state index contributed by atoms with van der Waals surface area (Å²) in [6.45, 7) is 7.72. The van der Waals surface area contributed by atoms with Gasteiger partial charge in [-0.05, 0) is 43.5 Å². The third-order valence-corrected chi connectivity index (χ3v) is 5.15. The van der Waals surface area contributed by atoms with Crippen molar-refractivity contribution in [2.75, 3.05) is 18.0 Å². The molecule has 6 nitrogen and oxygen atoms in total. The zero-order valence-corrected chi connectivity index (χ0v) is 17.9. The van der Waals surface area contributed by atoms with Crippen LogP contribution in [0.2, 0.25) is 0 Å². The number of carbonyl (C=O) groups is 1. The Hall–Kier alpha value is -3.07. The number of ketones is 1. The van der Waals surface area contributed by atoms with E-state index in [0.717, 1.165) is 36.5 Å². The summed E-state index contributed by atoms with van der Waals surface area (Å²) in [5.41, 5.74) is 2.18. The maximum Gasteiger partial charge on any atom is 0.215 e. The molecule has 0 bridgehead atoms. The van der Waals surface area contributed by atoms with Gasteiger partial charge in [0.15, 0.2) is 0 Å². The SMILES string of the molecule is CC(C)Oc1cc(N2CCC(Oc3ccc([C@H](C)CC(=O)CC#N)cc3)C2)ccn1. The Bertz CT molecular complexity index is 889. The molecular formula is C24H29N3O3. The standard InChI is InChI=1S/C24H29N3O3/c1-17(2)29-24-15-20(9-12-26-24)27-13-10-23(16-27)30-22-6-4-19(5-7-22)18(3)14-21(28)8-11-25/h4-7,9,12,15,17-18,23H,8,10,13-14,16H2,1-3H3/t18-,23?/m1/s1. The number of rotatable bonds is 9. The van der Waals surface area contributed by atoms with Crippen molar-refractivity contribution in [2.24, 2.45) is 0 Å². The highest BCUT2D eigenvalue weighted by atomic mass is 16.5. The van der Waals surface area contributed by atoms with E-state index in [-0.39, 0.29) is 30.3 Å². The van der Waals surface area contributed by atoms with Gasteiger partial charge in [-0.15, -0.1) is 0 Å². The number of hydrogen-bond acceptors (Lipinski definition) is 6. The zero-order chi connectivity index (χ0) is 21.5. The van der Waals surface area contributed by atoms with Gasteiger partial charge in [-0.3, -0.25) is 4.79 Å². The van der Waals surface area contributed by atoms with Crippen molar-refractivity contribution in [3.05, 3.63) is 48.2 Å². The molecule has 1 saturated heterocycles. The van der Waals surface area contributed by atoms with E-state index in [4.69, 9.17) is 14.7 Å². The van der Waals surface area contributed by atoms with Gasteiger partial charge in [0.05, 0.1) is 25.1 Å². The van der Waals surface area contributed by atoms with Crippen LogP contribution in [0.5, 0.6) is 11.6 Å². The molecule has 3 rings (SSSR count). The van der Waals surface area contributed by atoms with Gasteiger partial charge in [0.25, 0.3) is 0 Å². The van der Waals surface area contributed by atoms with E-state index in [0.29, 0.717) is 12.3 Å². The van der Waals surface area contributed by atoms with Crippen molar-refractivity contribution in [1.82, 2.24) is 4.98 Å². The van der Waals surface area contributed by atoms with Gasteiger partial charge in [-0.1, -0.05) is 19.1 Å². The second kappa shape index (κ2) is 10.1. The van der Waals surface area contributed by atoms with E-state index in [1.807, 2.05) is 63.2 Å². The number of carbonyl (C=O) groups excluding carboxylic acids is 1. The van der Waals surface area contributed by atoms with Crippen LogP contribution in [-0.4, -0.2) is 36.1 Å². The van der Waals surface area contributed by atoms with Gasteiger partial charge in [0.1, 0.15) is 17.6 Å². The summed E-state index contributed by atoms with van der Waals surface area (Å²) in [6.07, 6.45) is 3.31. The number of aromatic nitrogens is 1. The van der Waals surface area contributed by atoms with Crippen LogP contribution in [0.15, 0.2) is 42.6 Å². The number of anilines is 1. The van der Waals surface area contributed by atoms with Crippen LogP contribution in [0.3, 0.4) is 0 Å². The predicted octanol–water partition coefficient (Wildman–Crippen LogP) is 4.50. The lowest BCUT2D eigenvalue weighted by atomic mass is 9.95. The number of ether oxygens (including phenoxy) is 2. The maximum absolute atomic E-state index is 11.7. The van der Waals surface area contributed by atoms with Gasteiger partial charge in [-0.25, -0.2) is 4.98 Å². The van der Waals surface area contributed by atoms with Crippen LogP contribution in [0, 0.1) is 11.3 Å². The van der Waals surface area contributed by atoms with Gasteiger partial charge in [0, 0.05) is 37.3 Å². The predicted molar refractivity (Wildman–Crippen MR) is 116 cm³/mol. The molecule has 1 fully saturated rings. The second-order valence-electron chi connectivity index (χ2n) is 8.04. The molecule has 0 spiro atoms. The molecule has 1 aliphatic rings. The largest absolute Gasteiger partial charge is 0.489 e.